The van der Waals surface area contributed by atoms with Crippen molar-refractivity contribution in [2.75, 3.05) is 6.54 Å². The minimum Gasteiger partial charge on any atom is -0.356 e. The van der Waals surface area contributed by atoms with Gasteiger partial charge in [-0.15, -0.1) is 0 Å². The number of aromatic amines is 1. The standard InChI is InChI=1S/C25H24F5N5O3/c26-16-8-17(27)19(28)20-14(16)7-18(34-20)24(38)35-13-3-4-15(25(29,30)9-13)21(35)23(37)33-12(10-31)6-11-2-1-5-32-22(11)36/h7-8,11-13,15,21,34H,1-6,9H2,(H,32,36)(H,33,37)/t11-,12-,13-,15-,21-/m1/s1. The van der Waals surface area contributed by atoms with Gasteiger partial charge in [-0.3, -0.25) is 14.4 Å². The van der Waals surface area contributed by atoms with Gasteiger partial charge in [-0.25, -0.2) is 22.0 Å². The number of hydrogen-bond acceptors (Lipinski definition) is 4. The zero-order chi connectivity index (χ0) is 27.4. The highest BCUT2D eigenvalue weighted by atomic mass is 19.3. The van der Waals surface area contributed by atoms with Crippen LogP contribution in [0.25, 0.3) is 10.9 Å². The van der Waals surface area contributed by atoms with Crippen molar-refractivity contribution in [3.63, 3.8) is 0 Å². The summed E-state index contributed by atoms with van der Waals surface area (Å²) in [5, 5.41) is 14.3. The van der Waals surface area contributed by atoms with Crippen LogP contribution >= 0.6 is 0 Å². The molecular formula is C25H24F5N5O3. The number of nitriles is 1. The van der Waals surface area contributed by atoms with Gasteiger partial charge in [0.05, 0.1) is 17.5 Å². The molecule has 3 amide bonds. The molecule has 202 valence electrons. The minimum absolute atomic E-state index is 0.0225. The first-order chi connectivity index (χ1) is 18.0. The highest BCUT2D eigenvalue weighted by molar-refractivity contribution is 6.01. The number of benzene rings is 1. The van der Waals surface area contributed by atoms with Gasteiger partial charge in [-0.1, -0.05) is 0 Å². The van der Waals surface area contributed by atoms with E-state index in [9.17, 15) is 41.6 Å². The minimum atomic E-state index is -3.27. The van der Waals surface area contributed by atoms with Crippen LogP contribution in [0.4, 0.5) is 22.0 Å². The molecule has 8 nitrogen and oxygen atoms in total. The Morgan fingerprint density at radius 3 is 2.63 bits per heavy atom. The first-order valence-electron chi connectivity index (χ1n) is 12.4. The van der Waals surface area contributed by atoms with Gasteiger partial charge >= 0.3 is 0 Å². The Labute approximate surface area is 213 Å². The number of fused-ring (bicyclic) bond motifs is 4. The van der Waals surface area contributed by atoms with Gasteiger partial charge in [0, 0.05) is 36.4 Å². The topological polar surface area (TPSA) is 118 Å². The van der Waals surface area contributed by atoms with Crippen LogP contribution in [0.1, 0.15) is 49.0 Å². The summed E-state index contributed by atoms with van der Waals surface area (Å²) in [5.41, 5.74) is -0.998. The maximum Gasteiger partial charge on any atom is 0.271 e. The fraction of sp³-hybridized carbons (Fsp3) is 0.520. The van der Waals surface area contributed by atoms with Crippen LogP contribution in [-0.4, -0.2) is 58.2 Å². The van der Waals surface area contributed by atoms with Crippen LogP contribution in [0.3, 0.4) is 0 Å². The average Bonchev–Trinajstić information content (AvgIpc) is 3.33. The average molecular weight is 537 g/mol. The second kappa shape index (κ2) is 9.56. The first-order valence-corrected chi connectivity index (χ1v) is 12.4. The van der Waals surface area contributed by atoms with Gasteiger partial charge in [0.2, 0.25) is 11.8 Å². The molecule has 4 heterocycles. The zero-order valence-electron chi connectivity index (χ0n) is 20.0. The lowest BCUT2D eigenvalue weighted by molar-refractivity contribution is -0.179. The lowest BCUT2D eigenvalue weighted by atomic mass is 9.71. The first kappa shape index (κ1) is 25.9. The van der Waals surface area contributed by atoms with Gasteiger partial charge in [0.1, 0.15) is 23.6 Å². The highest BCUT2D eigenvalue weighted by Gasteiger charge is 2.60. The number of nitrogens with one attached hydrogen (secondary N) is 3. The van der Waals surface area contributed by atoms with Crippen molar-refractivity contribution >= 4 is 28.6 Å². The quantitative estimate of drug-likeness (QED) is 0.401. The van der Waals surface area contributed by atoms with Gasteiger partial charge in [0.25, 0.3) is 11.8 Å². The van der Waals surface area contributed by atoms with Crippen LogP contribution in [0.2, 0.25) is 0 Å². The van der Waals surface area contributed by atoms with E-state index in [-0.39, 0.29) is 25.2 Å². The fourth-order valence-corrected chi connectivity index (χ4v) is 5.99. The van der Waals surface area contributed by atoms with Crippen LogP contribution < -0.4 is 10.6 Å². The summed E-state index contributed by atoms with van der Waals surface area (Å²) in [4.78, 5) is 42.3. The van der Waals surface area contributed by atoms with E-state index in [1.807, 2.05) is 6.07 Å². The summed E-state index contributed by atoms with van der Waals surface area (Å²) in [7, 11) is 0. The van der Waals surface area contributed by atoms with E-state index in [0.29, 0.717) is 25.5 Å². The SMILES string of the molecule is N#C[C@@H](C[C@H]1CCCNC1=O)NC(=O)[C@H]1[C@H]2CC[C@H](CC2(F)F)N1C(=O)c1cc2c(F)cc(F)c(F)c2[nH]1. The van der Waals surface area contributed by atoms with E-state index >= 15 is 0 Å². The number of halogens is 5. The van der Waals surface area contributed by atoms with E-state index in [2.05, 4.69) is 15.6 Å². The molecule has 1 aliphatic carbocycles. The second-order valence-corrected chi connectivity index (χ2v) is 10.1. The van der Waals surface area contributed by atoms with Crippen molar-refractivity contribution < 1.29 is 36.3 Å². The number of hydrogen-bond donors (Lipinski definition) is 3. The number of aromatic nitrogens is 1. The predicted molar refractivity (Wildman–Crippen MR) is 122 cm³/mol. The van der Waals surface area contributed by atoms with Gasteiger partial charge < -0.3 is 20.5 Å². The van der Waals surface area contributed by atoms with E-state index in [0.717, 1.165) is 11.0 Å². The maximum absolute atomic E-state index is 14.9. The molecule has 6 rings (SSSR count). The number of amides is 3. The van der Waals surface area contributed by atoms with Crippen molar-refractivity contribution in [3.8, 4) is 6.07 Å². The summed E-state index contributed by atoms with van der Waals surface area (Å²) in [6, 6.07) is -0.723. The summed E-state index contributed by atoms with van der Waals surface area (Å²) >= 11 is 0. The monoisotopic (exact) mass is 537 g/mol. The molecule has 1 aromatic carbocycles. The molecule has 38 heavy (non-hydrogen) atoms. The van der Waals surface area contributed by atoms with Crippen LogP contribution in [-0.2, 0) is 9.59 Å². The number of nitrogens with zero attached hydrogens (tertiary/aromatic N) is 2. The molecule has 4 fully saturated rings. The fourth-order valence-electron chi connectivity index (χ4n) is 5.99. The maximum atomic E-state index is 14.9. The van der Waals surface area contributed by atoms with Crippen molar-refractivity contribution in [2.24, 2.45) is 11.8 Å². The number of rotatable bonds is 5. The van der Waals surface area contributed by atoms with Crippen LogP contribution in [0.15, 0.2) is 12.1 Å². The summed E-state index contributed by atoms with van der Waals surface area (Å²) < 4.78 is 72.0. The Bertz CT molecular complexity index is 1360. The second-order valence-electron chi connectivity index (χ2n) is 10.1. The van der Waals surface area contributed by atoms with Crippen molar-refractivity contribution in [2.45, 2.75) is 62.6 Å². The molecule has 0 radical (unpaired) electrons. The number of piperidine rings is 3. The molecule has 1 aromatic heterocycles. The van der Waals surface area contributed by atoms with Crippen molar-refractivity contribution in [1.82, 2.24) is 20.5 Å². The van der Waals surface area contributed by atoms with Crippen molar-refractivity contribution in [1.29, 1.82) is 5.26 Å². The molecule has 3 aliphatic heterocycles. The molecular weight excluding hydrogens is 513 g/mol. The van der Waals surface area contributed by atoms with Gasteiger partial charge in [-0.05, 0) is 38.2 Å². The van der Waals surface area contributed by atoms with E-state index in [1.54, 1.807) is 0 Å². The predicted octanol–water partition coefficient (Wildman–Crippen LogP) is 3.14. The van der Waals surface area contributed by atoms with Crippen LogP contribution in [0.5, 0.6) is 0 Å². The van der Waals surface area contributed by atoms with Gasteiger partial charge in [0.15, 0.2) is 11.6 Å². The highest BCUT2D eigenvalue weighted by Crippen LogP contribution is 2.49. The largest absolute Gasteiger partial charge is 0.356 e. The number of alkyl halides is 2. The molecule has 13 heteroatoms. The molecule has 0 unspecified atom stereocenters. The van der Waals surface area contributed by atoms with Crippen molar-refractivity contribution in [3.05, 3.63) is 35.3 Å². The number of H-pyrrole nitrogens is 1. The Kier molecular flexibility index (Phi) is 6.53. The zero-order valence-corrected chi connectivity index (χ0v) is 20.0. The lowest BCUT2D eigenvalue weighted by Crippen LogP contribution is -2.68. The normalized spacial score (nSPS) is 27.1. The Morgan fingerprint density at radius 1 is 1.18 bits per heavy atom. The Morgan fingerprint density at radius 2 is 1.95 bits per heavy atom. The molecule has 3 N–H and O–H groups in total. The third-order valence-corrected chi connectivity index (χ3v) is 7.82. The summed E-state index contributed by atoms with van der Waals surface area (Å²) in [6.07, 6.45) is 0.601. The smallest absolute Gasteiger partial charge is 0.271 e. The van der Waals surface area contributed by atoms with E-state index < -0.39 is 88.2 Å². The van der Waals surface area contributed by atoms with Crippen LogP contribution in [0, 0.1) is 40.6 Å². The molecule has 3 saturated heterocycles. The number of carbonyl (C=O) groups is 3. The molecule has 2 aromatic rings. The Hall–Kier alpha value is -3.69. The molecule has 1 saturated carbocycles. The molecule has 2 bridgehead atoms. The molecule has 5 atom stereocenters. The Balaban J connectivity index is 1.44. The molecule has 0 spiro atoms. The summed E-state index contributed by atoms with van der Waals surface area (Å²) in [6.45, 7) is 0.504. The summed E-state index contributed by atoms with van der Waals surface area (Å²) in [5.74, 6) is -11.6. The third-order valence-electron chi connectivity index (χ3n) is 7.82. The van der Waals surface area contributed by atoms with E-state index in [4.69, 9.17) is 0 Å². The number of carbonyl (C=O) groups excluding carboxylic acids is 3. The molecule has 4 aliphatic rings. The third kappa shape index (κ3) is 4.35. The van der Waals surface area contributed by atoms with E-state index in [1.165, 1.54) is 0 Å². The van der Waals surface area contributed by atoms with Gasteiger partial charge in [-0.2, -0.15) is 5.26 Å². The lowest BCUT2D eigenvalue weighted by Gasteiger charge is -2.53.